The van der Waals surface area contributed by atoms with Gasteiger partial charge in [0.25, 0.3) is 5.91 Å². The Labute approximate surface area is 128 Å². The van der Waals surface area contributed by atoms with Crippen LogP contribution in [-0.2, 0) is 0 Å². The van der Waals surface area contributed by atoms with Gasteiger partial charge in [-0.25, -0.2) is 9.97 Å². The van der Waals surface area contributed by atoms with Crippen LogP contribution < -0.4 is 4.90 Å². The lowest BCUT2D eigenvalue weighted by Gasteiger charge is -2.35. The van der Waals surface area contributed by atoms with Gasteiger partial charge in [0.2, 0.25) is 0 Å². The molecule has 1 aliphatic rings. The predicted octanol–water partition coefficient (Wildman–Crippen LogP) is 2.12. The van der Waals surface area contributed by atoms with Crippen molar-refractivity contribution in [2.24, 2.45) is 0 Å². The van der Waals surface area contributed by atoms with E-state index in [2.05, 4.69) is 14.9 Å². The van der Waals surface area contributed by atoms with Crippen LogP contribution in [0.5, 0.6) is 0 Å². The van der Waals surface area contributed by atoms with Gasteiger partial charge in [0, 0.05) is 32.4 Å². The molecule has 2 aromatic heterocycles. The summed E-state index contributed by atoms with van der Waals surface area (Å²) in [6.07, 6.45) is 1.78. The van der Waals surface area contributed by atoms with Crippen molar-refractivity contribution < 1.29 is 4.79 Å². The maximum Gasteiger partial charge on any atom is 0.264 e. The standard InChI is InChI=1S/C15H18N4OS/c1-11-4-10-21-14(11)15(20)19-8-6-18(7-9-19)13-3-5-16-12(2)17-13/h3-5,10H,6-9H2,1-2H3. The van der Waals surface area contributed by atoms with Gasteiger partial charge < -0.3 is 9.80 Å². The quantitative estimate of drug-likeness (QED) is 0.852. The average molecular weight is 302 g/mol. The molecule has 0 atom stereocenters. The molecule has 1 saturated heterocycles. The second kappa shape index (κ2) is 5.81. The van der Waals surface area contributed by atoms with Gasteiger partial charge in [-0.1, -0.05) is 0 Å². The van der Waals surface area contributed by atoms with Crippen LogP contribution in [0.2, 0.25) is 0 Å². The van der Waals surface area contributed by atoms with Crippen molar-refractivity contribution in [3.63, 3.8) is 0 Å². The second-order valence-corrected chi connectivity index (χ2v) is 6.09. The maximum atomic E-state index is 12.5. The van der Waals surface area contributed by atoms with Crippen LogP contribution in [0.1, 0.15) is 21.1 Å². The van der Waals surface area contributed by atoms with Crippen molar-refractivity contribution in [2.45, 2.75) is 13.8 Å². The number of piperazine rings is 1. The fraction of sp³-hybridized carbons (Fsp3) is 0.400. The topological polar surface area (TPSA) is 49.3 Å². The number of aromatic nitrogens is 2. The number of nitrogens with zero attached hydrogens (tertiary/aromatic N) is 4. The lowest BCUT2D eigenvalue weighted by molar-refractivity contribution is 0.0750. The Hall–Kier alpha value is -1.95. The third-order valence-corrected chi connectivity index (χ3v) is 4.71. The molecule has 0 saturated carbocycles. The van der Waals surface area contributed by atoms with E-state index in [-0.39, 0.29) is 5.91 Å². The van der Waals surface area contributed by atoms with Gasteiger partial charge in [0.05, 0.1) is 4.88 Å². The van der Waals surface area contributed by atoms with E-state index < -0.39 is 0 Å². The fourth-order valence-corrected chi connectivity index (χ4v) is 3.39. The third kappa shape index (κ3) is 2.90. The largest absolute Gasteiger partial charge is 0.353 e. The highest BCUT2D eigenvalue weighted by Gasteiger charge is 2.24. The van der Waals surface area contributed by atoms with Crippen LogP contribution >= 0.6 is 11.3 Å². The zero-order valence-electron chi connectivity index (χ0n) is 12.2. The van der Waals surface area contributed by atoms with Crippen molar-refractivity contribution in [2.75, 3.05) is 31.1 Å². The van der Waals surface area contributed by atoms with E-state index in [9.17, 15) is 4.79 Å². The lowest BCUT2D eigenvalue weighted by atomic mass is 10.2. The molecule has 0 aliphatic carbocycles. The highest BCUT2D eigenvalue weighted by atomic mass is 32.1. The zero-order chi connectivity index (χ0) is 14.8. The predicted molar refractivity (Wildman–Crippen MR) is 83.9 cm³/mol. The van der Waals surface area contributed by atoms with Crippen molar-refractivity contribution in [1.82, 2.24) is 14.9 Å². The van der Waals surface area contributed by atoms with Crippen LogP contribution in [-0.4, -0.2) is 47.0 Å². The molecule has 2 aromatic rings. The minimum Gasteiger partial charge on any atom is -0.353 e. The summed E-state index contributed by atoms with van der Waals surface area (Å²) in [5, 5.41) is 1.97. The molecule has 0 radical (unpaired) electrons. The molecule has 1 amide bonds. The summed E-state index contributed by atoms with van der Waals surface area (Å²) in [5.74, 6) is 1.88. The summed E-state index contributed by atoms with van der Waals surface area (Å²) in [7, 11) is 0. The normalized spacial score (nSPS) is 15.3. The minimum atomic E-state index is 0.154. The molecule has 21 heavy (non-hydrogen) atoms. The zero-order valence-corrected chi connectivity index (χ0v) is 13.1. The van der Waals surface area contributed by atoms with E-state index in [1.165, 1.54) is 11.3 Å². The van der Waals surface area contributed by atoms with E-state index in [4.69, 9.17) is 0 Å². The maximum absolute atomic E-state index is 12.5. The van der Waals surface area contributed by atoms with E-state index >= 15 is 0 Å². The van der Waals surface area contributed by atoms with Crippen molar-refractivity contribution in [3.8, 4) is 0 Å². The molecular formula is C15H18N4OS. The SMILES string of the molecule is Cc1nccc(N2CCN(C(=O)c3sccc3C)CC2)n1. The number of amides is 1. The number of hydrogen-bond acceptors (Lipinski definition) is 5. The minimum absolute atomic E-state index is 0.154. The van der Waals surface area contributed by atoms with Crippen LogP contribution in [0.4, 0.5) is 5.82 Å². The average Bonchev–Trinajstić information content (AvgIpc) is 2.93. The molecule has 3 heterocycles. The molecule has 0 aromatic carbocycles. The molecule has 0 spiro atoms. The van der Waals surface area contributed by atoms with Crippen molar-refractivity contribution in [3.05, 3.63) is 40.0 Å². The summed E-state index contributed by atoms with van der Waals surface area (Å²) in [5.41, 5.74) is 1.07. The van der Waals surface area contributed by atoms with Gasteiger partial charge in [-0.15, -0.1) is 11.3 Å². The Balaban J connectivity index is 1.65. The summed E-state index contributed by atoms with van der Waals surface area (Å²) in [6.45, 7) is 6.98. The van der Waals surface area contributed by atoms with Gasteiger partial charge in [0.15, 0.2) is 0 Å². The number of anilines is 1. The van der Waals surface area contributed by atoms with Gasteiger partial charge in [-0.2, -0.15) is 0 Å². The highest BCUT2D eigenvalue weighted by Crippen LogP contribution is 2.20. The Morgan fingerprint density at radius 3 is 2.57 bits per heavy atom. The van der Waals surface area contributed by atoms with E-state index in [0.717, 1.165) is 48.3 Å². The number of carbonyl (C=O) groups is 1. The first-order valence-corrected chi connectivity index (χ1v) is 7.91. The van der Waals surface area contributed by atoms with E-state index in [1.54, 1.807) is 6.20 Å². The molecular weight excluding hydrogens is 284 g/mol. The number of thiophene rings is 1. The van der Waals surface area contributed by atoms with Gasteiger partial charge in [-0.05, 0) is 36.9 Å². The number of carbonyl (C=O) groups excluding carboxylic acids is 1. The Morgan fingerprint density at radius 1 is 1.19 bits per heavy atom. The van der Waals surface area contributed by atoms with E-state index in [0.29, 0.717) is 0 Å². The Morgan fingerprint density at radius 2 is 1.95 bits per heavy atom. The second-order valence-electron chi connectivity index (χ2n) is 5.17. The molecule has 0 bridgehead atoms. The first-order valence-electron chi connectivity index (χ1n) is 7.03. The van der Waals surface area contributed by atoms with Crippen LogP contribution in [0.15, 0.2) is 23.7 Å². The van der Waals surface area contributed by atoms with Gasteiger partial charge >= 0.3 is 0 Å². The Kier molecular flexibility index (Phi) is 3.88. The summed E-state index contributed by atoms with van der Waals surface area (Å²) in [4.78, 5) is 26.0. The summed E-state index contributed by atoms with van der Waals surface area (Å²) < 4.78 is 0. The summed E-state index contributed by atoms with van der Waals surface area (Å²) in [6, 6.07) is 3.92. The van der Waals surface area contributed by atoms with Gasteiger partial charge in [0.1, 0.15) is 11.6 Å². The molecule has 110 valence electrons. The monoisotopic (exact) mass is 302 g/mol. The number of aryl methyl sites for hydroxylation is 2. The molecule has 1 fully saturated rings. The van der Waals surface area contributed by atoms with Crippen LogP contribution in [0.3, 0.4) is 0 Å². The first-order chi connectivity index (χ1) is 10.1. The smallest absolute Gasteiger partial charge is 0.264 e. The van der Waals surface area contributed by atoms with Crippen LogP contribution in [0, 0.1) is 13.8 Å². The molecule has 0 unspecified atom stereocenters. The molecule has 6 heteroatoms. The van der Waals surface area contributed by atoms with Gasteiger partial charge in [-0.3, -0.25) is 4.79 Å². The highest BCUT2D eigenvalue weighted by molar-refractivity contribution is 7.12. The molecule has 5 nitrogen and oxygen atoms in total. The van der Waals surface area contributed by atoms with Crippen molar-refractivity contribution in [1.29, 1.82) is 0 Å². The summed E-state index contributed by atoms with van der Waals surface area (Å²) >= 11 is 1.53. The number of rotatable bonds is 2. The lowest BCUT2D eigenvalue weighted by Crippen LogP contribution is -2.49. The molecule has 1 aliphatic heterocycles. The molecule has 3 rings (SSSR count). The Bertz CT molecular complexity index is 647. The first kappa shape index (κ1) is 14.0. The third-order valence-electron chi connectivity index (χ3n) is 3.71. The van der Waals surface area contributed by atoms with Crippen molar-refractivity contribution >= 4 is 23.1 Å². The number of hydrogen-bond donors (Lipinski definition) is 0. The van der Waals surface area contributed by atoms with E-state index in [1.807, 2.05) is 36.3 Å². The van der Waals surface area contributed by atoms with Crippen LogP contribution in [0.25, 0.3) is 0 Å². The fourth-order valence-electron chi connectivity index (χ4n) is 2.49. The molecule has 0 N–H and O–H groups in total.